The van der Waals surface area contributed by atoms with Crippen LogP contribution < -0.4 is 5.32 Å². The quantitative estimate of drug-likeness (QED) is 0.863. The van der Waals surface area contributed by atoms with E-state index in [2.05, 4.69) is 44.4 Å². The molecule has 19 heavy (non-hydrogen) atoms. The molecule has 0 amide bonds. The molecule has 3 unspecified atom stereocenters. The van der Waals surface area contributed by atoms with Crippen molar-refractivity contribution in [3.05, 3.63) is 34.9 Å². The first-order valence-electron chi connectivity index (χ1n) is 7.84. The van der Waals surface area contributed by atoms with E-state index >= 15 is 0 Å². The van der Waals surface area contributed by atoms with Crippen LogP contribution in [0.2, 0.25) is 0 Å². The third-order valence-corrected chi connectivity index (χ3v) is 5.68. The van der Waals surface area contributed by atoms with Gasteiger partial charge in [0.15, 0.2) is 0 Å². The van der Waals surface area contributed by atoms with Crippen LogP contribution in [0.3, 0.4) is 0 Å². The van der Waals surface area contributed by atoms with Gasteiger partial charge in [0.1, 0.15) is 0 Å². The Balaban J connectivity index is 1.88. The predicted octanol–water partition coefficient (Wildman–Crippen LogP) is 3.87. The number of aryl methyl sites for hydroxylation is 2. The highest BCUT2D eigenvalue weighted by atomic mass is 14.8. The first-order valence-corrected chi connectivity index (χ1v) is 7.84. The predicted molar refractivity (Wildman–Crippen MR) is 81.4 cm³/mol. The second kappa shape index (κ2) is 4.94. The van der Waals surface area contributed by atoms with E-state index in [1.54, 1.807) is 5.56 Å². The van der Waals surface area contributed by atoms with Crippen molar-refractivity contribution in [2.45, 2.75) is 46.0 Å². The third-order valence-electron chi connectivity index (χ3n) is 5.68. The largest absolute Gasteiger partial charge is 0.319 e. The average Bonchev–Trinajstić information content (AvgIpc) is 2.95. The summed E-state index contributed by atoms with van der Waals surface area (Å²) in [5.74, 6) is 1.98. The highest BCUT2D eigenvalue weighted by Gasteiger charge is 2.50. The maximum absolute atomic E-state index is 3.49. The van der Waals surface area contributed by atoms with Gasteiger partial charge in [0, 0.05) is 6.54 Å². The molecule has 0 aromatic heterocycles. The standard InChI is InChI=1S/C18H27N/c1-13-4-5-14(2)16(8-13)11-18(12-19-3)10-15-6-7-17(18)9-15/h4-5,8,15,17,19H,6-7,9-12H2,1-3H3. The number of fused-ring (bicyclic) bond motifs is 2. The molecule has 0 aliphatic heterocycles. The molecule has 2 bridgehead atoms. The molecular weight excluding hydrogens is 230 g/mol. The highest BCUT2D eigenvalue weighted by molar-refractivity contribution is 5.32. The minimum absolute atomic E-state index is 0.538. The Morgan fingerprint density at radius 3 is 2.74 bits per heavy atom. The van der Waals surface area contributed by atoms with Crippen LogP contribution in [-0.4, -0.2) is 13.6 Å². The summed E-state index contributed by atoms with van der Waals surface area (Å²) in [5, 5.41) is 3.49. The molecule has 1 aromatic carbocycles. The molecule has 2 aliphatic carbocycles. The zero-order valence-corrected chi connectivity index (χ0v) is 12.6. The van der Waals surface area contributed by atoms with E-state index in [-0.39, 0.29) is 0 Å². The molecule has 0 saturated heterocycles. The molecule has 2 saturated carbocycles. The van der Waals surface area contributed by atoms with Crippen LogP contribution in [0.5, 0.6) is 0 Å². The van der Waals surface area contributed by atoms with Crippen LogP contribution in [0.4, 0.5) is 0 Å². The van der Waals surface area contributed by atoms with Crippen molar-refractivity contribution < 1.29 is 0 Å². The van der Waals surface area contributed by atoms with Gasteiger partial charge in [-0.15, -0.1) is 0 Å². The fourth-order valence-electron chi connectivity index (χ4n) is 4.78. The number of hydrogen-bond donors (Lipinski definition) is 1. The second-order valence-electron chi connectivity index (χ2n) is 7.08. The highest BCUT2D eigenvalue weighted by Crippen LogP contribution is 2.57. The van der Waals surface area contributed by atoms with E-state index in [4.69, 9.17) is 0 Å². The summed E-state index contributed by atoms with van der Waals surface area (Å²) < 4.78 is 0. The van der Waals surface area contributed by atoms with Crippen molar-refractivity contribution in [2.75, 3.05) is 13.6 Å². The van der Waals surface area contributed by atoms with Crippen molar-refractivity contribution in [1.82, 2.24) is 5.32 Å². The van der Waals surface area contributed by atoms with Gasteiger partial charge >= 0.3 is 0 Å². The summed E-state index contributed by atoms with van der Waals surface area (Å²) in [6.07, 6.45) is 7.18. The van der Waals surface area contributed by atoms with Gasteiger partial charge in [-0.1, -0.05) is 30.2 Å². The molecule has 3 rings (SSSR count). The monoisotopic (exact) mass is 257 g/mol. The summed E-state index contributed by atoms with van der Waals surface area (Å²) in [4.78, 5) is 0. The Labute approximate surface area is 117 Å². The van der Waals surface area contributed by atoms with Gasteiger partial charge in [0.25, 0.3) is 0 Å². The number of nitrogens with one attached hydrogen (secondary N) is 1. The van der Waals surface area contributed by atoms with Crippen LogP contribution in [0.1, 0.15) is 42.4 Å². The summed E-state index contributed by atoms with van der Waals surface area (Å²) in [7, 11) is 2.12. The van der Waals surface area contributed by atoms with Crippen LogP contribution in [0, 0.1) is 31.1 Å². The van der Waals surface area contributed by atoms with Gasteiger partial charge in [-0.25, -0.2) is 0 Å². The summed E-state index contributed by atoms with van der Waals surface area (Å²) in [6, 6.07) is 6.95. The van der Waals surface area contributed by atoms with Gasteiger partial charge in [-0.3, -0.25) is 0 Å². The molecule has 3 atom stereocenters. The molecule has 1 nitrogen and oxygen atoms in total. The topological polar surface area (TPSA) is 12.0 Å². The van der Waals surface area contributed by atoms with Crippen molar-refractivity contribution in [1.29, 1.82) is 0 Å². The minimum Gasteiger partial charge on any atom is -0.319 e. The van der Waals surface area contributed by atoms with Gasteiger partial charge in [0.05, 0.1) is 0 Å². The first kappa shape index (κ1) is 13.2. The molecular formula is C18H27N. The van der Waals surface area contributed by atoms with E-state index in [0.29, 0.717) is 5.41 Å². The van der Waals surface area contributed by atoms with Crippen molar-refractivity contribution in [2.24, 2.45) is 17.3 Å². The second-order valence-corrected chi connectivity index (χ2v) is 7.08. The SMILES string of the molecule is CNCC1(Cc2cc(C)ccc2C)CC2CCC1C2. The molecule has 104 valence electrons. The normalized spacial score (nSPS) is 33.0. The lowest BCUT2D eigenvalue weighted by molar-refractivity contribution is 0.160. The van der Waals surface area contributed by atoms with E-state index in [9.17, 15) is 0 Å². The maximum Gasteiger partial charge on any atom is 0.00108 e. The zero-order valence-electron chi connectivity index (χ0n) is 12.6. The van der Waals surface area contributed by atoms with E-state index in [1.165, 1.54) is 49.8 Å². The molecule has 2 fully saturated rings. The van der Waals surface area contributed by atoms with Crippen LogP contribution in [-0.2, 0) is 6.42 Å². The fourth-order valence-corrected chi connectivity index (χ4v) is 4.78. The lowest BCUT2D eigenvalue weighted by atomic mass is 9.68. The summed E-state index contributed by atoms with van der Waals surface area (Å²) >= 11 is 0. The molecule has 0 radical (unpaired) electrons. The van der Waals surface area contributed by atoms with Crippen LogP contribution in [0.25, 0.3) is 0 Å². The number of hydrogen-bond acceptors (Lipinski definition) is 1. The number of rotatable bonds is 4. The van der Waals surface area contributed by atoms with Crippen molar-refractivity contribution >= 4 is 0 Å². The molecule has 0 heterocycles. The van der Waals surface area contributed by atoms with Crippen molar-refractivity contribution in [3.8, 4) is 0 Å². The Hall–Kier alpha value is -0.820. The van der Waals surface area contributed by atoms with Gasteiger partial charge in [0.2, 0.25) is 0 Å². The van der Waals surface area contributed by atoms with Crippen molar-refractivity contribution in [3.63, 3.8) is 0 Å². The Morgan fingerprint density at radius 1 is 1.26 bits per heavy atom. The molecule has 1 N–H and O–H groups in total. The summed E-state index contributed by atoms with van der Waals surface area (Å²) in [5.41, 5.74) is 5.01. The Kier molecular flexibility index (Phi) is 3.42. The van der Waals surface area contributed by atoms with Gasteiger partial charge < -0.3 is 5.32 Å². The molecule has 1 aromatic rings. The fraction of sp³-hybridized carbons (Fsp3) is 0.667. The third kappa shape index (κ3) is 2.33. The molecule has 1 heteroatoms. The van der Waals surface area contributed by atoms with Crippen LogP contribution in [0.15, 0.2) is 18.2 Å². The van der Waals surface area contributed by atoms with Gasteiger partial charge in [-0.2, -0.15) is 0 Å². The Morgan fingerprint density at radius 2 is 2.11 bits per heavy atom. The van der Waals surface area contributed by atoms with Crippen LogP contribution >= 0.6 is 0 Å². The molecule has 2 aliphatic rings. The zero-order chi connectivity index (χ0) is 13.5. The lowest BCUT2D eigenvalue weighted by Gasteiger charge is -2.38. The summed E-state index contributed by atoms with van der Waals surface area (Å²) in [6.45, 7) is 5.69. The number of benzene rings is 1. The Bertz CT molecular complexity index is 465. The van der Waals surface area contributed by atoms with Gasteiger partial charge in [-0.05, 0) is 75.0 Å². The van der Waals surface area contributed by atoms with E-state index < -0.39 is 0 Å². The molecule has 0 spiro atoms. The first-order chi connectivity index (χ1) is 9.13. The maximum atomic E-state index is 3.49. The smallest absolute Gasteiger partial charge is 0.00108 e. The lowest BCUT2D eigenvalue weighted by Crippen LogP contribution is -2.39. The van der Waals surface area contributed by atoms with E-state index in [1.807, 2.05) is 0 Å². The van der Waals surface area contributed by atoms with E-state index in [0.717, 1.165) is 11.8 Å². The minimum atomic E-state index is 0.538. The average molecular weight is 257 g/mol.